The molecule has 0 aliphatic carbocycles. The summed E-state index contributed by atoms with van der Waals surface area (Å²) >= 11 is 0. The van der Waals surface area contributed by atoms with E-state index in [2.05, 4.69) is 4.74 Å². The monoisotopic (exact) mass is 194 g/mol. The van der Waals surface area contributed by atoms with Crippen molar-refractivity contribution in [1.29, 1.82) is 0 Å². The van der Waals surface area contributed by atoms with Crippen LogP contribution in [0.4, 0.5) is 0 Å². The predicted molar refractivity (Wildman–Crippen MR) is 34.0 cm³/mol. The Balaban J connectivity index is -0.000000320. The van der Waals surface area contributed by atoms with Gasteiger partial charge in [-0.1, -0.05) is 0 Å². The number of ether oxygens (including phenoxy) is 1. The molecule has 4 nitrogen and oxygen atoms in total. The Labute approximate surface area is 105 Å². The van der Waals surface area contributed by atoms with Crippen LogP contribution in [0.2, 0.25) is 0 Å². The number of hydrogen-bond donors (Lipinski definition) is 1. The summed E-state index contributed by atoms with van der Waals surface area (Å²) in [5.74, 6) is -0.319. The summed E-state index contributed by atoms with van der Waals surface area (Å²) < 4.78 is 32.8. The van der Waals surface area contributed by atoms with Crippen molar-refractivity contribution in [3.8, 4) is 0 Å². The molecule has 0 aromatic rings. The smallest absolute Gasteiger partial charge is 1.00 e. The van der Waals surface area contributed by atoms with Crippen LogP contribution in [0.1, 0.15) is 8.35 Å². The van der Waals surface area contributed by atoms with Crippen LogP contribution in [0.5, 0.6) is 0 Å². The van der Waals surface area contributed by atoms with Crippen LogP contribution in [-0.4, -0.2) is 31.9 Å². The number of hydrogen-bond acceptors (Lipinski definition) is 3. The van der Waals surface area contributed by atoms with Gasteiger partial charge in [-0.3, -0.25) is 4.55 Å². The molecule has 0 aromatic carbocycles. The van der Waals surface area contributed by atoms with Gasteiger partial charge in [-0.15, -0.1) is 0 Å². The van der Waals surface area contributed by atoms with E-state index in [1.807, 2.05) is 0 Å². The molecule has 0 unspecified atom stereocenters. The van der Waals surface area contributed by atoms with Crippen molar-refractivity contribution >= 4 is 10.1 Å². The Morgan fingerprint density at radius 1 is 1.60 bits per heavy atom. The van der Waals surface area contributed by atoms with Gasteiger partial charge in [-0.2, -0.15) is 8.42 Å². The van der Waals surface area contributed by atoms with E-state index in [0.717, 1.165) is 0 Å². The van der Waals surface area contributed by atoms with Crippen molar-refractivity contribution in [3.63, 3.8) is 0 Å². The molecule has 0 aliphatic rings. The first-order valence-corrected chi connectivity index (χ1v) is 4.20. The van der Waals surface area contributed by atoms with E-state index in [1.54, 1.807) is 6.92 Å². The molecule has 58 valence electrons. The van der Waals surface area contributed by atoms with Crippen molar-refractivity contribution in [2.45, 2.75) is 6.92 Å². The third-order valence-electron chi connectivity index (χ3n) is 0.690. The average molecular weight is 194 g/mol. The molecule has 0 bridgehead atoms. The zero-order chi connectivity index (χ0) is 7.33. The maximum Gasteiger partial charge on any atom is 1.00 e. The van der Waals surface area contributed by atoms with Crippen LogP contribution < -0.4 is 51.4 Å². The molecule has 0 saturated heterocycles. The molecular formula is C4H11KO4S. The van der Waals surface area contributed by atoms with Gasteiger partial charge < -0.3 is 6.16 Å². The number of rotatable bonds is 4. The fraction of sp³-hybridized carbons (Fsp3) is 1.00. The summed E-state index contributed by atoms with van der Waals surface area (Å²) in [5, 5.41) is 0. The maximum atomic E-state index is 9.98. The van der Waals surface area contributed by atoms with E-state index >= 15 is 0 Å². The van der Waals surface area contributed by atoms with Gasteiger partial charge in [0.05, 0.1) is 12.4 Å². The Kier molecular flexibility index (Phi) is 10.1. The molecule has 0 amide bonds. The van der Waals surface area contributed by atoms with E-state index in [0.29, 0.717) is 6.61 Å². The molecule has 0 aliphatic heterocycles. The fourth-order valence-electron chi connectivity index (χ4n) is 0.309. The van der Waals surface area contributed by atoms with Crippen molar-refractivity contribution < 1.29 is 70.5 Å². The molecule has 0 radical (unpaired) electrons. The zero-order valence-electron chi connectivity index (χ0n) is 7.20. The van der Waals surface area contributed by atoms with Crippen LogP contribution in [-0.2, 0) is 14.9 Å². The Morgan fingerprint density at radius 3 is 2.40 bits per heavy atom. The topological polar surface area (TPSA) is 63.6 Å². The van der Waals surface area contributed by atoms with Gasteiger partial charge in [0.2, 0.25) is 0 Å². The summed E-state index contributed by atoms with van der Waals surface area (Å²) in [6.45, 7) is 2.29. The van der Waals surface area contributed by atoms with E-state index in [9.17, 15) is 8.42 Å². The largest absolute Gasteiger partial charge is 1.00 e. The minimum atomic E-state index is -3.82. The normalized spacial score (nSPS) is 10.6. The first-order chi connectivity index (χ1) is 4.06. The van der Waals surface area contributed by atoms with Gasteiger partial charge in [0, 0.05) is 6.61 Å². The van der Waals surface area contributed by atoms with Crippen LogP contribution >= 0.6 is 0 Å². The second-order valence-electron chi connectivity index (χ2n) is 1.48. The molecule has 0 saturated carbocycles. The Hall–Kier alpha value is 1.51. The quantitative estimate of drug-likeness (QED) is 0.295. The predicted octanol–water partition coefficient (Wildman–Crippen LogP) is -2.97. The first kappa shape index (κ1) is 14.1. The molecule has 0 heterocycles. The fourth-order valence-corrected chi connectivity index (χ4v) is 0.637. The van der Waals surface area contributed by atoms with Crippen molar-refractivity contribution in [3.05, 3.63) is 0 Å². The van der Waals surface area contributed by atoms with Crippen LogP contribution in [0, 0.1) is 0 Å². The first-order valence-electron chi connectivity index (χ1n) is 2.59. The van der Waals surface area contributed by atoms with E-state index < -0.39 is 10.1 Å². The van der Waals surface area contributed by atoms with Crippen LogP contribution in [0.15, 0.2) is 0 Å². The van der Waals surface area contributed by atoms with Crippen molar-refractivity contribution in [1.82, 2.24) is 0 Å². The SMILES string of the molecule is CCOCCS(=O)(=O)O.[H-].[K+]. The van der Waals surface area contributed by atoms with Gasteiger partial charge in [0.1, 0.15) is 0 Å². The minimum absolute atomic E-state index is 0. The van der Waals surface area contributed by atoms with E-state index in [4.69, 9.17) is 4.55 Å². The molecule has 0 aromatic heterocycles. The van der Waals surface area contributed by atoms with Crippen molar-refractivity contribution in [2.75, 3.05) is 19.0 Å². The Bertz CT molecular complexity index is 157. The molecule has 0 fully saturated rings. The molecule has 0 spiro atoms. The molecule has 0 atom stereocenters. The zero-order valence-corrected chi connectivity index (χ0v) is 10.1. The summed E-state index contributed by atoms with van der Waals surface area (Å²) in [5.41, 5.74) is 0. The van der Waals surface area contributed by atoms with Gasteiger partial charge in [0.15, 0.2) is 0 Å². The summed E-state index contributed by atoms with van der Waals surface area (Å²) in [6, 6.07) is 0. The summed E-state index contributed by atoms with van der Waals surface area (Å²) in [6.07, 6.45) is 0. The summed E-state index contributed by atoms with van der Waals surface area (Å²) in [4.78, 5) is 0. The van der Waals surface area contributed by atoms with Gasteiger partial charge in [0.25, 0.3) is 10.1 Å². The molecular weight excluding hydrogens is 183 g/mol. The molecule has 0 rings (SSSR count). The third-order valence-corrected chi connectivity index (χ3v) is 1.37. The average Bonchev–Trinajstić information content (AvgIpc) is 1.63. The molecule has 1 N–H and O–H groups in total. The minimum Gasteiger partial charge on any atom is -1.00 e. The summed E-state index contributed by atoms with van der Waals surface area (Å²) in [7, 11) is -3.82. The van der Waals surface area contributed by atoms with Gasteiger partial charge >= 0.3 is 51.4 Å². The van der Waals surface area contributed by atoms with Gasteiger partial charge in [-0.25, -0.2) is 0 Å². The van der Waals surface area contributed by atoms with Gasteiger partial charge in [-0.05, 0) is 6.92 Å². The maximum absolute atomic E-state index is 9.98. The Morgan fingerprint density at radius 2 is 2.10 bits per heavy atom. The van der Waals surface area contributed by atoms with Crippen LogP contribution in [0.25, 0.3) is 0 Å². The molecule has 6 heteroatoms. The molecule has 10 heavy (non-hydrogen) atoms. The third kappa shape index (κ3) is 12.2. The van der Waals surface area contributed by atoms with Crippen LogP contribution in [0.3, 0.4) is 0 Å². The second kappa shape index (κ2) is 7.17. The van der Waals surface area contributed by atoms with Crippen molar-refractivity contribution in [2.24, 2.45) is 0 Å². The van der Waals surface area contributed by atoms with E-state index in [-0.39, 0.29) is 65.2 Å². The van der Waals surface area contributed by atoms with E-state index in [1.165, 1.54) is 0 Å². The second-order valence-corrected chi connectivity index (χ2v) is 3.06. The standard InChI is InChI=1S/C4H10O4S.K.H/c1-2-8-3-4-9(5,6)7;;/h2-4H2,1H3,(H,5,6,7);;/q;+1;-1.